The summed E-state index contributed by atoms with van der Waals surface area (Å²) in [5.74, 6) is -0.176. The van der Waals surface area contributed by atoms with Gasteiger partial charge in [0.2, 0.25) is 0 Å². The first kappa shape index (κ1) is 17.9. The molecule has 27 heavy (non-hydrogen) atoms. The molecule has 1 N–H and O–H groups in total. The van der Waals surface area contributed by atoms with E-state index < -0.39 is 0 Å². The Kier molecular flexibility index (Phi) is 5.07. The maximum atomic E-state index is 13.0. The Balaban J connectivity index is 1.58. The van der Waals surface area contributed by atoms with E-state index in [-0.39, 0.29) is 22.9 Å². The number of nitrogens with one attached hydrogen (secondary N) is 1. The third kappa shape index (κ3) is 3.54. The molecule has 1 amide bonds. The molecule has 5 nitrogen and oxygen atoms in total. The Bertz CT molecular complexity index is 1020. The highest BCUT2D eigenvalue weighted by Crippen LogP contribution is 2.27. The molecule has 2 heterocycles. The molecule has 1 atom stereocenters. The lowest BCUT2D eigenvalue weighted by atomic mass is 10.0. The van der Waals surface area contributed by atoms with Crippen molar-refractivity contribution in [1.82, 2.24) is 14.7 Å². The van der Waals surface area contributed by atoms with Crippen molar-refractivity contribution in [3.63, 3.8) is 0 Å². The molecule has 0 radical (unpaired) electrons. The minimum absolute atomic E-state index is 0.123. The van der Waals surface area contributed by atoms with Gasteiger partial charge in [-0.3, -0.25) is 14.0 Å². The summed E-state index contributed by atoms with van der Waals surface area (Å²) in [6.07, 6.45) is 6.72. The molecule has 0 aliphatic heterocycles. The second-order valence-electron chi connectivity index (χ2n) is 7.15. The molecule has 1 aliphatic rings. The van der Waals surface area contributed by atoms with Crippen molar-refractivity contribution < 1.29 is 4.79 Å². The van der Waals surface area contributed by atoms with Crippen LogP contribution < -0.4 is 10.9 Å². The van der Waals surface area contributed by atoms with E-state index in [4.69, 9.17) is 0 Å². The van der Waals surface area contributed by atoms with Crippen LogP contribution in [-0.4, -0.2) is 21.8 Å². The summed E-state index contributed by atoms with van der Waals surface area (Å²) in [4.78, 5) is 32.0. The van der Waals surface area contributed by atoms with Gasteiger partial charge in [-0.2, -0.15) is 0 Å². The quantitative estimate of drug-likeness (QED) is 0.703. The number of thiazole rings is 1. The van der Waals surface area contributed by atoms with Gasteiger partial charge in [-0.1, -0.05) is 43.7 Å². The standard InChI is InChI=1S/C21H23N3O2S/c1-14(15-8-4-2-5-9-15)12-22-19(25)16-13-23-21-24(20(16)26)17-10-6-3-7-11-18(17)27-21/h2,4-5,8-9,13-14H,3,6-7,10-12H2,1H3,(H,22,25)/t14-/m0/s1. The number of benzene rings is 1. The Morgan fingerprint density at radius 3 is 2.81 bits per heavy atom. The van der Waals surface area contributed by atoms with Crippen LogP contribution in [0.2, 0.25) is 0 Å². The number of carbonyl (C=O) groups excluding carboxylic acids is 1. The molecule has 1 aromatic carbocycles. The first-order chi connectivity index (χ1) is 13.1. The van der Waals surface area contributed by atoms with Gasteiger partial charge in [-0.25, -0.2) is 4.98 Å². The first-order valence-corrected chi connectivity index (χ1v) is 10.3. The van der Waals surface area contributed by atoms with E-state index in [1.54, 1.807) is 15.7 Å². The molecule has 0 saturated heterocycles. The molecule has 6 heteroatoms. The lowest BCUT2D eigenvalue weighted by Gasteiger charge is -2.13. The van der Waals surface area contributed by atoms with E-state index in [0.29, 0.717) is 11.5 Å². The summed E-state index contributed by atoms with van der Waals surface area (Å²) in [7, 11) is 0. The van der Waals surface area contributed by atoms with Crippen molar-refractivity contribution >= 4 is 22.2 Å². The Labute approximate surface area is 162 Å². The molecule has 0 spiro atoms. The Morgan fingerprint density at radius 2 is 2.00 bits per heavy atom. The van der Waals surface area contributed by atoms with Crippen molar-refractivity contribution in [2.75, 3.05) is 6.54 Å². The Morgan fingerprint density at radius 1 is 1.22 bits per heavy atom. The van der Waals surface area contributed by atoms with E-state index in [1.807, 2.05) is 30.3 Å². The van der Waals surface area contributed by atoms with Crippen LogP contribution in [0.4, 0.5) is 0 Å². The topological polar surface area (TPSA) is 63.5 Å². The second kappa shape index (κ2) is 7.64. The van der Waals surface area contributed by atoms with Gasteiger partial charge in [0.25, 0.3) is 11.5 Å². The van der Waals surface area contributed by atoms with Gasteiger partial charge in [0, 0.05) is 23.3 Å². The third-order valence-electron chi connectivity index (χ3n) is 5.23. The van der Waals surface area contributed by atoms with Gasteiger partial charge in [0.05, 0.1) is 0 Å². The minimum atomic E-state index is -0.349. The third-order valence-corrected chi connectivity index (χ3v) is 6.39. The molecule has 0 saturated carbocycles. The fraction of sp³-hybridized carbons (Fsp3) is 0.381. The smallest absolute Gasteiger partial charge is 0.271 e. The number of hydrogen-bond donors (Lipinski definition) is 1. The molecule has 0 fully saturated rings. The zero-order chi connectivity index (χ0) is 18.8. The lowest BCUT2D eigenvalue weighted by Crippen LogP contribution is -2.33. The number of fused-ring (bicyclic) bond motifs is 3. The van der Waals surface area contributed by atoms with Crippen LogP contribution in [0.3, 0.4) is 0 Å². The monoisotopic (exact) mass is 381 g/mol. The highest BCUT2D eigenvalue weighted by atomic mass is 32.1. The number of aromatic nitrogens is 2. The van der Waals surface area contributed by atoms with E-state index in [2.05, 4.69) is 17.2 Å². The molecule has 3 aromatic rings. The van der Waals surface area contributed by atoms with Crippen LogP contribution >= 0.6 is 11.3 Å². The minimum Gasteiger partial charge on any atom is -0.351 e. The van der Waals surface area contributed by atoms with Gasteiger partial charge < -0.3 is 5.32 Å². The molecule has 0 bridgehead atoms. The van der Waals surface area contributed by atoms with Gasteiger partial charge >= 0.3 is 0 Å². The maximum absolute atomic E-state index is 13.0. The number of nitrogens with zero attached hydrogens (tertiary/aromatic N) is 2. The zero-order valence-corrected chi connectivity index (χ0v) is 16.2. The normalized spacial score (nSPS) is 15.1. The predicted octanol–water partition coefficient (Wildman–Crippen LogP) is 3.56. The summed E-state index contributed by atoms with van der Waals surface area (Å²) >= 11 is 1.58. The summed E-state index contributed by atoms with van der Waals surface area (Å²) in [6.45, 7) is 2.54. The van der Waals surface area contributed by atoms with Crippen LogP contribution in [0.15, 0.2) is 41.3 Å². The Hall–Kier alpha value is -2.47. The largest absolute Gasteiger partial charge is 0.351 e. The maximum Gasteiger partial charge on any atom is 0.271 e. The van der Waals surface area contributed by atoms with Gasteiger partial charge in [-0.05, 0) is 37.2 Å². The average molecular weight is 382 g/mol. The number of carbonyl (C=O) groups is 1. The molecular weight excluding hydrogens is 358 g/mol. The van der Waals surface area contributed by atoms with Crippen LogP contribution in [-0.2, 0) is 12.8 Å². The van der Waals surface area contributed by atoms with E-state index in [9.17, 15) is 9.59 Å². The van der Waals surface area contributed by atoms with Crippen molar-refractivity contribution in [3.05, 3.63) is 68.6 Å². The van der Waals surface area contributed by atoms with Gasteiger partial charge in [-0.15, -0.1) is 11.3 Å². The summed E-state index contributed by atoms with van der Waals surface area (Å²) < 4.78 is 1.67. The molecular formula is C21H23N3O2S. The van der Waals surface area contributed by atoms with Gasteiger partial charge in [0.1, 0.15) is 5.56 Å². The molecule has 0 unspecified atom stereocenters. The van der Waals surface area contributed by atoms with E-state index in [1.165, 1.54) is 17.5 Å². The van der Waals surface area contributed by atoms with E-state index in [0.717, 1.165) is 36.9 Å². The highest BCUT2D eigenvalue weighted by Gasteiger charge is 2.21. The second-order valence-corrected chi connectivity index (χ2v) is 8.21. The number of hydrogen-bond acceptors (Lipinski definition) is 4. The van der Waals surface area contributed by atoms with Crippen LogP contribution in [0.5, 0.6) is 0 Å². The zero-order valence-electron chi connectivity index (χ0n) is 15.4. The van der Waals surface area contributed by atoms with Crippen LogP contribution in [0.25, 0.3) is 4.96 Å². The van der Waals surface area contributed by atoms with Crippen molar-refractivity contribution in [1.29, 1.82) is 0 Å². The summed E-state index contributed by atoms with van der Waals surface area (Å²) in [6, 6.07) is 10.0. The number of aryl methyl sites for hydroxylation is 2. The SMILES string of the molecule is C[C@@H](CNC(=O)c1cnc2sc3c(n2c1=O)CCCCC3)c1ccccc1. The fourth-order valence-corrected chi connectivity index (χ4v) is 4.81. The predicted molar refractivity (Wildman–Crippen MR) is 108 cm³/mol. The highest BCUT2D eigenvalue weighted by molar-refractivity contribution is 7.17. The van der Waals surface area contributed by atoms with Crippen molar-refractivity contribution in [2.45, 2.75) is 44.9 Å². The van der Waals surface area contributed by atoms with Crippen LogP contribution in [0.1, 0.15) is 58.6 Å². The molecule has 1 aliphatic carbocycles. The molecule has 2 aromatic heterocycles. The van der Waals surface area contributed by atoms with Crippen LogP contribution in [0, 0.1) is 0 Å². The summed E-state index contributed by atoms with van der Waals surface area (Å²) in [5, 5.41) is 2.90. The first-order valence-electron chi connectivity index (χ1n) is 9.50. The van der Waals surface area contributed by atoms with Crippen molar-refractivity contribution in [3.8, 4) is 0 Å². The molecule has 4 rings (SSSR count). The van der Waals surface area contributed by atoms with Crippen molar-refractivity contribution in [2.24, 2.45) is 0 Å². The fourth-order valence-electron chi connectivity index (χ4n) is 3.64. The van der Waals surface area contributed by atoms with Gasteiger partial charge in [0.15, 0.2) is 4.96 Å². The molecule has 140 valence electrons. The average Bonchev–Trinajstić information content (AvgIpc) is 2.89. The number of amides is 1. The summed E-state index contributed by atoms with van der Waals surface area (Å²) in [5.41, 5.74) is 2.09. The lowest BCUT2D eigenvalue weighted by molar-refractivity contribution is 0.0949. The number of rotatable bonds is 4. The van der Waals surface area contributed by atoms with E-state index >= 15 is 0 Å².